The van der Waals surface area contributed by atoms with Gasteiger partial charge in [-0.15, -0.1) is 10.2 Å². The topological polar surface area (TPSA) is 72.7 Å². The van der Waals surface area contributed by atoms with Crippen molar-refractivity contribution < 1.29 is 4.79 Å². The van der Waals surface area contributed by atoms with E-state index in [1.165, 1.54) is 11.8 Å². The number of hydrogen-bond donors (Lipinski definition) is 1. The Labute approximate surface area is 206 Å². The number of nitrogens with one attached hydrogen (secondary N) is 1. The number of anilines is 1. The summed E-state index contributed by atoms with van der Waals surface area (Å²) in [6, 6.07) is 27.1. The van der Waals surface area contributed by atoms with E-state index < -0.39 is 0 Å². The normalized spacial score (nSPS) is 11.0. The summed E-state index contributed by atoms with van der Waals surface area (Å²) in [6.45, 7) is 0. The fraction of sp³-hybridized carbons (Fsp3) is 0.0769. The first-order valence-corrected chi connectivity index (χ1v) is 12.0. The number of hydrogen-bond acceptors (Lipinski definition) is 5. The van der Waals surface area contributed by atoms with Gasteiger partial charge in [0, 0.05) is 34.3 Å². The highest BCUT2D eigenvalue weighted by Gasteiger charge is 2.17. The standard InChI is InChI=1S/C26H20ClN5OS/c1-32-25(30-31-26(32)34-16-24(33)28-19-13-11-18(27)12-14-19)21-15-23(17-7-3-2-4-8-17)29-22-10-6-5-9-20(21)22/h2-15H,16H2,1H3,(H,28,33). The predicted molar refractivity (Wildman–Crippen MR) is 138 cm³/mol. The van der Waals surface area contributed by atoms with Crippen molar-refractivity contribution in [2.24, 2.45) is 7.05 Å². The minimum absolute atomic E-state index is 0.127. The number of rotatable bonds is 6. The van der Waals surface area contributed by atoms with Crippen LogP contribution in [-0.4, -0.2) is 31.4 Å². The van der Waals surface area contributed by atoms with E-state index in [1.807, 2.05) is 72.3 Å². The molecule has 0 radical (unpaired) electrons. The molecule has 0 saturated carbocycles. The SMILES string of the molecule is Cn1c(SCC(=O)Nc2ccc(Cl)cc2)nnc1-c1cc(-c2ccccc2)nc2ccccc12. The Hall–Kier alpha value is -3.68. The Bertz CT molecular complexity index is 1470. The van der Waals surface area contributed by atoms with Crippen LogP contribution in [0.5, 0.6) is 0 Å². The number of benzene rings is 3. The Morgan fingerprint density at radius 3 is 2.50 bits per heavy atom. The van der Waals surface area contributed by atoms with Crippen LogP contribution in [0.2, 0.25) is 5.02 Å². The van der Waals surface area contributed by atoms with Crippen LogP contribution >= 0.6 is 23.4 Å². The molecule has 0 aliphatic heterocycles. The molecule has 1 amide bonds. The summed E-state index contributed by atoms with van der Waals surface area (Å²) in [5, 5.41) is 13.9. The number of carbonyl (C=O) groups is 1. The van der Waals surface area contributed by atoms with Crippen molar-refractivity contribution >= 4 is 45.9 Å². The molecule has 6 nitrogen and oxygen atoms in total. The van der Waals surface area contributed by atoms with Crippen LogP contribution in [-0.2, 0) is 11.8 Å². The summed E-state index contributed by atoms with van der Waals surface area (Å²) in [6.07, 6.45) is 0. The van der Waals surface area contributed by atoms with Crippen LogP contribution in [0.3, 0.4) is 0 Å². The molecule has 2 aromatic heterocycles. The minimum Gasteiger partial charge on any atom is -0.325 e. The van der Waals surface area contributed by atoms with Crippen molar-refractivity contribution in [2.45, 2.75) is 5.16 Å². The molecule has 0 bridgehead atoms. The van der Waals surface area contributed by atoms with Crippen molar-refractivity contribution in [3.05, 3.63) is 90.0 Å². The van der Waals surface area contributed by atoms with Gasteiger partial charge in [-0.3, -0.25) is 4.79 Å². The maximum atomic E-state index is 12.4. The zero-order chi connectivity index (χ0) is 23.5. The van der Waals surface area contributed by atoms with E-state index in [0.717, 1.165) is 33.5 Å². The number of carbonyl (C=O) groups excluding carboxylic acids is 1. The van der Waals surface area contributed by atoms with Gasteiger partial charge in [-0.2, -0.15) is 0 Å². The molecule has 0 unspecified atom stereocenters. The first-order chi connectivity index (χ1) is 16.6. The second-order valence-corrected chi connectivity index (χ2v) is 9.03. The zero-order valence-electron chi connectivity index (χ0n) is 18.3. The number of thioether (sulfide) groups is 1. The smallest absolute Gasteiger partial charge is 0.234 e. The highest BCUT2D eigenvalue weighted by molar-refractivity contribution is 7.99. The summed E-state index contributed by atoms with van der Waals surface area (Å²) in [5.41, 5.74) is 4.43. The number of halogens is 1. The van der Waals surface area contributed by atoms with E-state index in [-0.39, 0.29) is 11.7 Å². The molecule has 0 saturated heterocycles. The van der Waals surface area contributed by atoms with Crippen molar-refractivity contribution in [1.82, 2.24) is 19.7 Å². The molecule has 5 rings (SSSR count). The van der Waals surface area contributed by atoms with Crippen molar-refractivity contribution in [2.75, 3.05) is 11.1 Å². The average Bonchev–Trinajstić information content (AvgIpc) is 3.24. The van der Waals surface area contributed by atoms with E-state index in [4.69, 9.17) is 16.6 Å². The molecule has 34 heavy (non-hydrogen) atoms. The summed E-state index contributed by atoms with van der Waals surface area (Å²) < 4.78 is 1.91. The van der Waals surface area contributed by atoms with Crippen molar-refractivity contribution in [3.8, 4) is 22.6 Å². The molecule has 168 valence electrons. The van der Waals surface area contributed by atoms with Gasteiger partial charge in [0.2, 0.25) is 5.91 Å². The van der Waals surface area contributed by atoms with E-state index in [2.05, 4.69) is 15.5 Å². The molecule has 1 N–H and O–H groups in total. The minimum atomic E-state index is -0.127. The van der Waals surface area contributed by atoms with E-state index >= 15 is 0 Å². The lowest BCUT2D eigenvalue weighted by atomic mass is 10.0. The van der Waals surface area contributed by atoms with Gasteiger partial charge >= 0.3 is 0 Å². The van der Waals surface area contributed by atoms with Crippen LogP contribution in [0.25, 0.3) is 33.5 Å². The fourth-order valence-electron chi connectivity index (χ4n) is 3.65. The monoisotopic (exact) mass is 485 g/mol. The molecular formula is C26H20ClN5OS. The van der Waals surface area contributed by atoms with Crippen LogP contribution in [0.4, 0.5) is 5.69 Å². The third-order valence-corrected chi connectivity index (χ3v) is 6.59. The molecule has 0 spiro atoms. The fourth-order valence-corrected chi connectivity index (χ4v) is 4.49. The third kappa shape index (κ3) is 4.66. The van der Waals surface area contributed by atoms with E-state index in [0.29, 0.717) is 15.9 Å². The molecule has 3 aromatic carbocycles. The first kappa shape index (κ1) is 22.1. The Kier molecular flexibility index (Phi) is 6.29. The van der Waals surface area contributed by atoms with Crippen LogP contribution in [0.1, 0.15) is 0 Å². The molecule has 0 aliphatic carbocycles. The number of para-hydroxylation sites is 1. The maximum absolute atomic E-state index is 12.4. The molecule has 0 aliphatic rings. The maximum Gasteiger partial charge on any atom is 0.234 e. The second kappa shape index (κ2) is 9.67. The van der Waals surface area contributed by atoms with Crippen molar-refractivity contribution in [3.63, 3.8) is 0 Å². The summed E-state index contributed by atoms with van der Waals surface area (Å²) in [7, 11) is 1.91. The number of pyridine rings is 1. The Morgan fingerprint density at radius 2 is 1.71 bits per heavy atom. The number of nitrogens with zero attached hydrogens (tertiary/aromatic N) is 4. The summed E-state index contributed by atoms with van der Waals surface area (Å²) in [5.74, 6) is 0.801. The highest BCUT2D eigenvalue weighted by atomic mass is 35.5. The third-order valence-electron chi connectivity index (χ3n) is 5.32. The molecule has 2 heterocycles. The van der Waals surface area contributed by atoms with Gasteiger partial charge in [-0.05, 0) is 36.4 Å². The lowest BCUT2D eigenvalue weighted by Gasteiger charge is -2.10. The molecule has 0 atom stereocenters. The summed E-state index contributed by atoms with van der Waals surface area (Å²) >= 11 is 7.24. The molecule has 5 aromatic rings. The zero-order valence-corrected chi connectivity index (χ0v) is 19.8. The largest absolute Gasteiger partial charge is 0.325 e. The van der Waals surface area contributed by atoms with Crippen LogP contribution in [0, 0.1) is 0 Å². The molecular weight excluding hydrogens is 466 g/mol. The van der Waals surface area contributed by atoms with Crippen LogP contribution < -0.4 is 5.32 Å². The number of amides is 1. The summed E-state index contributed by atoms with van der Waals surface area (Å²) in [4.78, 5) is 17.3. The second-order valence-electron chi connectivity index (χ2n) is 7.65. The van der Waals surface area contributed by atoms with Gasteiger partial charge in [0.15, 0.2) is 11.0 Å². The Morgan fingerprint density at radius 1 is 0.971 bits per heavy atom. The lowest BCUT2D eigenvalue weighted by molar-refractivity contribution is -0.113. The van der Waals surface area contributed by atoms with Gasteiger partial charge in [0.1, 0.15) is 0 Å². The lowest BCUT2D eigenvalue weighted by Crippen LogP contribution is -2.14. The Balaban J connectivity index is 1.42. The van der Waals surface area contributed by atoms with Gasteiger partial charge in [0.25, 0.3) is 0 Å². The quantitative estimate of drug-likeness (QED) is 0.295. The van der Waals surface area contributed by atoms with Crippen LogP contribution in [0.15, 0.2) is 90.1 Å². The highest BCUT2D eigenvalue weighted by Crippen LogP contribution is 2.32. The number of aromatic nitrogens is 4. The van der Waals surface area contributed by atoms with Gasteiger partial charge < -0.3 is 9.88 Å². The van der Waals surface area contributed by atoms with E-state index in [9.17, 15) is 4.79 Å². The van der Waals surface area contributed by atoms with Gasteiger partial charge in [-0.1, -0.05) is 71.9 Å². The van der Waals surface area contributed by atoms with Gasteiger partial charge in [0.05, 0.1) is 17.0 Å². The van der Waals surface area contributed by atoms with Gasteiger partial charge in [-0.25, -0.2) is 4.98 Å². The molecule has 0 fully saturated rings. The number of fused-ring (bicyclic) bond motifs is 1. The predicted octanol–water partition coefficient (Wildman–Crippen LogP) is 6.08. The van der Waals surface area contributed by atoms with E-state index in [1.54, 1.807) is 24.3 Å². The first-order valence-electron chi connectivity index (χ1n) is 10.6. The van der Waals surface area contributed by atoms with Crippen molar-refractivity contribution in [1.29, 1.82) is 0 Å². The molecule has 8 heteroatoms. The average molecular weight is 486 g/mol.